The summed E-state index contributed by atoms with van der Waals surface area (Å²) in [5.74, 6) is 0. The number of allylic oxidation sites excluding steroid dienone is 3. The molecule has 0 bridgehead atoms. The summed E-state index contributed by atoms with van der Waals surface area (Å²) >= 11 is 0. The van der Waals surface area contributed by atoms with Crippen LogP contribution in [-0.2, 0) is 0 Å². The molecule has 1 aromatic carbocycles. The average molecular weight is 251 g/mol. The summed E-state index contributed by atoms with van der Waals surface area (Å²) in [4.78, 5) is 9.36. The van der Waals surface area contributed by atoms with Gasteiger partial charge in [0, 0.05) is 17.6 Å². The van der Waals surface area contributed by atoms with Crippen LogP contribution in [0, 0.1) is 0 Å². The molecule has 0 saturated heterocycles. The van der Waals surface area contributed by atoms with Gasteiger partial charge in [0.15, 0.2) is 0 Å². The Bertz CT molecular complexity index is 583. The molecule has 0 unspecified atom stereocenters. The van der Waals surface area contributed by atoms with Crippen LogP contribution in [0.15, 0.2) is 58.6 Å². The van der Waals surface area contributed by atoms with Gasteiger partial charge in [-0.3, -0.25) is 4.99 Å². The summed E-state index contributed by atoms with van der Waals surface area (Å²) in [5.41, 5.74) is 5.22. The smallest absolute Gasteiger partial charge is 0.0993 e. The largest absolute Gasteiger partial charge is 0.327 e. The van der Waals surface area contributed by atoms with Crippen molar-refractivity contribution in [1.82, 2.24) is 4.90 Å². The summed E-state index contributed by atoms with van der Waals surface area (Å²) in [6.45, 7) is 0.921. The molecule has 3 nitrogen and oxygen atoms in total. The minimum atomic E-state index is 0.921. The topological polar surface area (TPSA) is 18.8 Å². The van der Waals surface area contributed by atoms with Gasteiger partial charge in [-0.25, -0.2) is 0 Å². The third-order valence-electron chi connectivity index (χ3n) is 4.07. The average Bonchev–Trinajstić information content (AvgIpc) is 2.93. The van der Waals surface area contributed by atoms with Crippen LogP contribution in [-0.4, -0.2) is 17.8 Å². The summed E-state index contributed by atoms with van der Waals surface area (Å²) in [6, 6.07) is 10.5. The first kappa shape index (κ1) is 10.9. The van der Waals surface area contributed by atoms with Crippen molar-refractivity contribution in [3.05, 3.63) is 53.6 Å². The Balaban J connectivity index is 1.66. The number of hydrogen-bond acceptors (Lipinski definition) is 3. The zero-order chi connectivity index (χ0) is 12.7. The van der Waals surface area contributed by atoms with E-state index in [0.717, 1.165) is 13.1 Å². The summed E-state index contributed by atoms with van der Waals surface area (Å²) < 4.78 is 0. The molecule has 0 amide bonds. The minimum Gasteiger partial charge on any atom is -0.327 e. The molecule has 1 aromatic rings. The van der Waals surface area contributed by atoms with Crippen molar-refractivity contribution in [3.8, 4) is 0 Å². The maximum Gasteiger partial charge on any atom is 0.0993 e. The number of benzene rings is 1. The zero-order valence-corrected chi connectivity index (χ0v) is 10.9. The van der Waals surface area contributed by atoms with E-state index in [1.807, 2.05) is 6.21 Å². The number of nitrogens with zero attached hydrogens (tertiary/aromatic N) is 3. The molecule has 0 N–H and O–H groups in total. The van der Waals surface area contributed by atoms with Gasteiger partial charge in [0.1, 0.15) is 0 Å². The number of hydrogen-bond donors (Lipinski definition) is 0. The second-order valence-corrected chi connectivity index (χ2v) is 5.29. The second-order valence-electron chi connectivity index (χ2n) is 5.29. The highest BCUT2D eigenvalue weighted by Crippen LogP contribution is 2.36. The molecule has 19 heavy (non-hydrogen) atoms. The number of para-hydroxylation sites is 1. The van der Waals surface area contributed by atoms with Crippen molar-refractivity contribution in [2.75, 3.05) is 11.6 Å². The molecule has 1 aliphatic carbocycles. The summed E-state index contributed by atoms with van der Waals surface area (Å²) in [7, 11) is 0. The van der Waals surface area contributed by atoms with Gasteiger partial charge in [-0.15, -0.1) is 0 Å². The van der Waals surface area contributed by atoms with E-state index in [1.165, 1.54) is 42.0 Å². The molecule has 2 heterocycles. The zero-order valence-electron chi connectivity index (χ0n) is 10.9. The van der Waals surface area contributed by atoms with E-state index in [9.17, 15) is 0 Å². The molecular formula is C16H17N3. The molecule has 0 spiro atoms. The Kier molecular flexibility index (Phi) is 2.44. The van der Waals surface area contributed by atoms with Crippen LogP contribution in [0.5, 0.6) is 0 Å². The van der Waals surface area contributed by atoms with Crippen molar-refractivity contribution in [1.29, 1.82) is 0 Å². The maximum atomic E-state index is 4.64. The molecule has 0 saturated carbocycles. The lowest BCUT2D eigenvalue weighted by Gasteiger charge is -2.31. The van der Waals surface area contributed by atoms with Gasteiger partial charge >= 0.3 is 0 Å². The number of rotatable bonds is 1. The van der Waals surface area contributed by atoms with Crippen molar-refractivity contribution in [3.63, 3.8) is 0 Å². The first-order chi connectivity index (χ1) is 9.42. The van der Waals surface area contributed by atoms with Gasteiger partial charge in [0.2, 0.25) is 0 Å². The van der Waals surface area contributed by atoms with Gasteiger partial charge in [-0.05, 0) is 37.8 Å². The van der Waals surface area contributed by atoms with E-state index in [1.54, 1.807) is 0 Å². The molecule has 0 atom stereocenters. The standard InChI is InChI=1S/C16H17N3/c1-2-6-13(7-3-1)18-11-14-10-17-15-8-4-5-9-16(15)19(14)12-18/h1-3,6-7,10-11H,4-5,8-9,12H2. The van der Waals surface area contributed by atoms with E-state index >= 15 is 0 Å². The van der Waals surface area contributed by atoms with Gasteiger partial charge in [-0.2, -0.15) is 0 Å². The number of fused-ring (bicyclic) bond motifs is 2. The lowest BCUT2D eigenvalue weighted by molar-refractivity contribution is 0.426. The van der Waals surface area contributed by atoms with E-state index in [0.29, 0.717) is 0 Å². The maximum absolute atomic E-state index is 4.64. The highest BCUT2D eigenvalue weighted by Gasteiger charge is 2.29. The molecule has 2 aliphatic heterocycles. The van der Waals surface area contributed by atoms with Crippen LogP contribution < -0.4 is 4.90 Å². The number of aliphatic imine (C=N–C) groups is 1. The van der Waals surface area contributed by atoms with Crippen molar-refractivity contribution < 1.29 is 0 Å². The van der Waals surface area contributed by atoms with Crippen LogP contribution in [0.25, 0.3) is 0 Å². The fourth-order valence-electron chi connectivity index (χ4n) is 3.07. The molecule has 3 heteroatoms. The molecular weight excluding hydrogens is 234 g/mol. The molecule has 0 fully saturated rings. The normalized spacial score (nSPS) is 21.4. The summed E-state index contributed by atoms with van der Waals surface area (Å²) in [5, 5.41) is 0. The Morgan fingerprint density at radius 2 is 1.84 bits per heavy atom. The highest BCUT2D eigenvalue weighted by molar-refractivity contribution is 5.83. The van der Waals surface area contributed by atoms with Crippen LogP contribution >= 0.6 is 0 Å². The predicted octanol–water partition coefficient (Wildman–Crippen LogP) is 3.48. The van der Waals surface area contributed by atoms with Gasteiger partial charge in [0.05, 0.1) is 24.3 Å². The minimum absolute atomic E-state index is 0.921. The van der Waals surface area contributed by atoms with Gasteiger partial charge < -0.3 is 9.80 Å². The van der Waals surface area contributed by atoms with Crippen molar-refractivity contribution >= 4 is 11.9 Å². The van der Waals surface area contributed by atoms with E-state index in [4.69, 9.17) is 0 Å². The van der Waals surface area contributed by atoms with E-state index < -0.39 is 0 Å². The van der Waals surface area contributed by atoms with Crippen LogP contribution in [0.2, 0.25) is 0 Å². The first-order valence-electron chi connectivity index (χ1n) is 6.99. The third-order valence-corrected chi connectivity index (χ3v) is 4.07. The Morgan fingerprint density at radius 3 is 2.74 bits per heavy atom. The lowest BCUT2D eigenvalue weighted by Crippen LogP contribution is -2.30. The molecule has 0 aromatic heterocycles. The molecule has 4 rings (SSSR count). The quantitative estimate of drug-likeness (QED) is 0.761. The monoisotopic (exact) mass is 251 g/mol. The fourth-order valence-corrected chi connectivity index (χ4v) is 3.07. The van der Waals surface area contributed by atoms with Crippen molar-refractivity contribution in [2.45, 2.75) is 25.7 Å². The van der Waals surface area contributed by atoms with E-state index in [2.05, 4.69) is 51.3 Å². The second kappa shape index (κ2) is 4.26. The predicted molar refractivity (Wildman–Crippen MR) is 77.7 cm³/mol. The van der Waals surface area contributed by atoms with Crippen LogP contribution in [0.1, 0.15) is 25.7 Å². The highest BCUT2D eigenvalue weighted by atomic mass is 15.4. The van der Waals surface area contributed by atoms with Gasteiger partial charge in [0.25, 0.3) is 0 Å². The third kappa shape index (κ3) is 1.77. The Labute approximate surface area is 113 Å². The molecule has 3 aliphatic rings. The number of anilines is 1. The summed E-state index contributed by atoms with van der Waals surface area (Å²) in [6.07, 6.45) is 9.12. The molecule has 96 valence electrons. The fraction of sp³-hybridized carbons (Fsp3) is 0.312. The SMILES string of the molecule is C1=NC2=C(CCCC2)N2CN(c3ccccc3)C=C12. The van der Waals surface area contributed by atoms with Gasteiger partial charge in [-0.1, -0.05) is 18.2 Å². The van der Waals surface area contributed by atoms with Crippen LogP contribution in [0.3, 0.4) is 0 Å². The van der Waals surface area contributed by atoms with E-state index in [-0.39, 0.29) is 0 Å². The van der Waals surface area contributed by atoms with Crippen molar-refractivity contribution in [2.24, 2.45) is 4.99 Å². The Hall–Kier alpha value is -2.03. The Morgan fingerprint density at radius 1 is 1.00 bits per heavy atom. The molecule has 0 radical (unpaired) electrons. The lowest BCUT2D eigenvalue weighted by atomic mass is 9.99. The first-order valence-corrected chi connectivity index (χ1v) is 6.99. The van der Waals surface area contributed by atoms with Crippen LogP contribution in [0.4, 0.5) is 5.69 Å².